The van der Waals surface area contributed by atoms with Crippen molar-refractivity contribution in [1.29, 1.82) is 0 Å². The van der Waals surface area contributed by atoms with Gasteiger partial charge < -0.3 is 10.1 Å². The summed E-state index contributed by atoms with van der Waals surface area (Å²) >= 11 is 0. The van der Waals surface area contributed by atoms with Gasteiger partial charge in [-0.1, -0.05) is 39.0 Å². The summed E-state index contributed by atoms with van der Waals surface area (Å²) in [6.45, 7) is 8.11. The fourth-order valence-electron chi connectivity index (χ4n) is 2.42. The molecule has 0 radical (unpaired) electrons. The molecule has 1 aliphatic carbocycles. The molecule has 2 rings (SSSR count). The third kappa shape index (κ3) is 4.24. The average molecular weight is 261 g/mol. The Labute approximate surface area is 117 Å². The quantitative estimate of drug-likeness (QED) is 0.844. The highest BCUT2D eigenvalue weighted by Crippen LogP contribution is 2.32. The molecule has 1 atom stereocenters. The Kier molecular flexibility index (Phi) is 4.51. The number of benzene rings is 1. The molecule has 0 aliphatic heterocycles. The highest BCUT2D eigenvalue weighted by molar-refractivity contribution is 5.33. The number of nitrogens with one attached hydrogen (secondary N) is 1. The van der Waals surface area contributed by atoms with E-state index in [1.165, 1.54) is 18.4 Å². The maximum absolute atomic E-state index is 5.48. The van der Waals surface area contributed by atoms with E-state index in [1.54, 1.807) is 7.11 Å². The molecule has 0 spiro atoms. The van der Waals surface area contributed by atoms with Crippen LogP contribution in [-0.2, 0) is 6.42 Å². The summed E-state index contributed by atoms with van der Waals surface area (Å²) in [7, 11) is 1.76. The van der Waals surface area contributed by atoms with Crippen molar-refractivity contribution in [2.24, 2.45) is 11.3 Å². The molecular weight excluding hydrogens is 234 g/mol. The zero-order valence-electron chi connectivity index (χ0n) is 12.7. The number of rotatable bonds is 6. The van der Waals surface area contributed by atoms with E-state index < -0.39 is 0 Å². The van der Waals surface area contributed by atoms with E-state index >= 15 is 0 Å². The largest absolute Gasteiger partial charge is 0.496 e. The molecule has 1 fully saturated rings. The van der Waals surface area contributed by atoms with Crippen LogP contribution in [0.1, 0.15) is 39.2 Å². The first-order chi connectivity index (χ1) is 9.00. The van der Waals surface area contributed by atoms with E-state index in [2.05, 4.69) is 44.3 Å². The number of hydrogen-bond donors (Lipinski definition) is 1. The Morgan fingerprint density at radius 2 is 1.95 bits per heavy atom. The SMILES string of the molecule is COc1ccccc1CC(CNC1CC1)C(C)(C)C. The molecule has 1 N–H and O–H groups in total. The van der Waals surface area contributed by atoms with E-state index in [1.807, 2.05) is 6.07 Å². The summed E-state index contributed by atoms with van der Waals surface area (Å²) in [5, 5.41) is 3.68. The van der Waals surface area contributed by atoms with Gasteiger partial charge in [-0.2, -0.15) is 0 Å². The summed E-state index contributed by atoms with van der Waals surface area (Å²) in [4.78, 5) is 0. The van der Waals surface area contributed by atoms with Gasteiger partial charge in [0.15, 0.2) is 0 Å². The van der Waals surface area contributed by atoms with Crippen LogP contribution in [-0.4, -0.2) is 19.7 Å². The first-order valence-corrected chi connectivity index (χ1v) is 7.36. The molecule has 1 unspecified atom stereocenters. The van der Waals surface area contributed by atoms with Crippen LogP contribution in [0.5, 0.6) is 5.75 Å². The lowest BCUT2D eigenvalue weighted by molar-refractivity contribution is 0.228. The highest BCUT2D eigenvalue weighted by Gasteiger charge is 2.28. The predicted molar refractivity (Wildman–Crippen MR) is 80.7 cm³/mol. The number of ether oxygens (including phenoxy) is 1. The molecule has 1 aromatic rings. The minimum Gasteiger partial charge on any atom is -0.496 e. The van der Waals surface area contributed by atoms with Crippen LogP contribution in [0.4, 0.5) is 0 Å². The van der Waals surface area contributed by atoms with Gasteiger partial charge in [-0.05, 0) is 48.8 Å². The lowest BCUT2D eigenvalue weighted by Gasteiger charge is -2.31. The van der Waals surface area contributed by atoms with E-state index in [0.717, 1.165) is 24.8 Å². The van der Waals surface area contributed by atoms with Crippen molar-refractivity contribution in [2.45, 2.75) is 46.1 Å². The highest BCUT2D eigenvalue weighted by atomic mass is 16.5. The molecule has 106 valence electrons. The topological polar surface area (TPSA) is 21.3 Å². The molecule has 2 nitrogen and oxygen atoms in total. The molecule has 0 bridgehead atoms. The monoisotopic (exact) mass is 261 g/mol. The Morgan fingerprint density at radius 3 is 2.53 bits per heavy atom. The summed E-state index contributed by atoms with van der Waals surface area (Å²) < 4.78 is 5.48. The van der Waals surface area contributed by atoms with Crippen molar-refractivity contribution in [3.8, 4) is 5.75 Å². The molecule has 1 aromatic carbocycles. The molecule has 2 heteroatoms. The van der Waals surface area contributed by atoms with Gasteiger partial charge in [-0.15, -0.1) is 0 Å². The van der Waals surface area contributed by atoms with Crippen LogP contribution < -0.4 is 10.1 Å². The van der Waals surface area contributed by atoms with Gasteiger partial charge >= 0.3 is 0 Å². The lowest BCUT2D eigenvalue weighted by atomic mass is 9.77. The van der Waals surface area contributed by atoms with Gasteiger partial charge in [-0.25, -0.2) is 0 Å². The van der Waals surface area contributed by atoms with Gasteiger partial charge in [0.2, 0.25) is 0 Å². The average Bonchev–Trinajstić information content (AvgIpc) is 3.17. The van der Waals surface area contributed by atoms with Crippen LogP contribution in [0.25, 0.3) is 0 Å². The van der Waals surface area contributed by atoms with E-state index in [-0.39, 0.29) is 0 Å². The standard InChI is InChI=1S/C17H27NO/c1-17(2,3)14(12-18-15-9-10-15)11-13-7-5-6-8-16(13)19-4/h5-8,14-15,18H,9-12H2,1-4H3. The molecule has 19 heavy (non-hydrogen) atoms. The second-order valence-electron chi connectivity index (χ2n) is 6.76. The minimum atomic E-state index is 0.308. The number of para-hydroxylation sites is 1. The van der Waals surface area contributed by atoms with Crippen molar-refractivity contribution >= 4 is 0 Å². The molecule has 0 aromatic heterocycles. The fourth-order valence-corrected chi connectivity index (χ4v) is 2.42. The van der Waals surface area contributed by atoms with Crippen molar-refractivity contribution in [1.82, 2.24) is 5.32 Å². The van der Waals surface area contributed by atoms with Crippen LogP contribution in [0, 0.1) is 11.3 Å². The van der Waals surface area contributed by atoms with Crippen LogP contribution in [0.3, 0.4) is 0 Å². The third-order valence-electron chi connectivity index (χ3n) is 4.11. The first kappa shape index (κ1) is 14.4. The van der Waals surface area contributed by atoms with Crippen LogP contribution in [0.2, 0.25) is 0 Å². The number of methoxy groups -OCH3 is 1. The Balaban J connectivity index is 2.05. The van der Waals surface area contributed by atoms with Crippen molar-refractivity contribution in [3.63, 3.8) is 0 Å². The van der Waals surface area contributed by atoms with Gasteiger partial charge in [0.1, 0.15) is 5.75 Å². The van der Waals surface area contributed by atoms with Crippen LogP contribution in [0.15, 0.2) is 24.3 Å². The lowest BCUT2D eigenvalue weighted by Crippen LogP contribution is -2.34. The minimum absolute atomic E-state index is 0.308. The Hall–Kier alpha value is -1.02. The van der Waals surface area contributed by atoms with Crippen molar-refractivity contribution in [3.05, 3.63) is 29.8 Å². The number of hydrogen-bond acceptors (Lipinski definition) is 2. The van der Waals surface area contributed by atoms with Gasteiger partial charge in [0.05, 0.1) is 7.11 Å². The summed E-state index contributed by atoms with van der Waals surface area (Å²) in [5.74, 6) is 1.65. The predicted octanol–water partition coefficient (Wildman–Crippen LogP) is 3.65. The second-order valence-corrected chi connectivity index (χ2v) is 6.76. The van der Waals surface area contributed by atoms with Crippen molar-refractivity contribution < 1.29 is 4.74 Å². The molecule has 0 heterocycles. The van der Waals surface area contributed by atoms with Crippen molar-refractivity contribution in [2.75, 3.05) is 13.7 Å². The van der Waals surface area contributed by atoms with Gasteiger partial charge in [0.25, 0.3) is 0 Å². The molecule has 1 saturated carbocycles. The second kappa shape index (κ2) is 5.96. The normalized spacial score (nSPS) is 17.3. The van der Waals surface area contributed by atoms with Gasteiger partial charge in [0, 0.05) is 6.04 Å². The smallest absolute Gasteiger partial charge is 0.122 e. The summed E-state index contributed by atoms with van der Waals surface area (Å²) in [6, 6.07) is 9.17. The Bertz CT molecular complexity index is 404. The summed E-state index contributed by atoms with van der Waals surface area (Å²) in [6.07, 6.45) is 3.78. The zero-order valence-corrected chi connectivity index (χ0v) is 12.7. The molecule has 0 saturated heterocycles. The third-order valence-corrected chi connectivity index (χ3v) is 4.11. The van der Waals surface area contributed by atoms with Crippen LogP contribution >= 0.6 is 0 Å². The molecular formula is C17H27NO. The van der Waals surface area contributed by atoms with E-state index in [0.29, 0.717) is 11.3 Å². The fraction of sp³-hybridized carbons (Fsp3) is 0.647. The maximum Gasteiger partial charge on any atom is 0.122 e. The Morgan fingerprint density at radius 1 is 1.26 bits per heavy atom. The van der Waals surface area contributed by atoms with E-state index in [9.17, 15) is 0 Å². The zero-order chi connectivity index (χ0) is 13.9. The first-order valence-electron chi connectivity index (χ1n) is 7.36. The molecule has 0 amide bonds. The summed E-state index contributed by atoms with van der Waals surface area (Å²) in [5.41, 5.74) is 1.63. The molecule has 1 aliphatic rings. The van der Waals surface area contributed by atoms with E-state index in [4.69, 9.17) is 4.74 Å². The van der Waals surface area contributed by atoms with Gasteiger partial charge in [-0.3, -0.25) is 0 Å². The maximum atomic E-state index is 5.48.